The topological polar surface area (TPSA) is 26.6 Å². The van der Waals surface area contributed by atoms with Gasteiger partial charge < -0.3 is 0 Å². The highest BCUT2D eigenvalue weighted by Crippen LogP contribution is 2.47. The van der Waals surface area contributed by atoms with Crippen molar-refractivity contribution >= 4 is 32.8 Å². The largest absolute Gasteiger partial charge is 0.294 e. The van der Waals surface area contributed by atoms with Gasteiger partial charge in [0.2, 0.25) is 6.33 Å². The monoisotopic (exact) mass is 805 g/mol. The molecule has 0 saturated carbocycles. The molecule has 0 N–H and O–H groups in total. The first-order valence-electron chi connectivity index (χ1n) is 22.1. The maximum atomic E-state index is 5.17. The minimum atomic E-state index is -0.678. The van der Waals surface area contributed by atoms with Crippen molar-refractivity contribution < 1.29 is 4.57 Å². The number of aromatic nitrogens is 4. The van der Waals surface area contributed by atoms with E-state index in [4.69, 9.17) is 4.98 Å². The molecule has 4 heteroatoms. The Balaban J connectivity index is 1.26. The first kappa shape index (κ1) is 39.1. The number of para-hydroxylation sites is 3. The molecule has 3 heterocycles. The summed E-state index contributed by atoms with van der Waals surface area (Å²) in [6.07, 6.45) is 4.25. The van der Waals surface area contributed by atoms with Gasteiger partial charge in [0, 0.05) is 17.0 Å². The van der Waals surface area contributed by atoms with Crippen LogP contribution in [0, 0.1) is 0 Å². The highest BCUT2D eigenvalue weighted by atomic mass is 15.1. The second-order valence-corrected chi connectivity index (χ2v) is 17.6. The molecule has 0 atom stereocenters. The summed E-state index contributed by atoms with van der Waals surface area (Å²) in [5, 5.41) is 2.40. The second-order valence-electron chi connectivity index (χ2n) is 17.6. The van der Waals surface area contributed by atoms with Crippen molar-refractivity contribution in [1.29, 1.82) is 0 Å². The summed E-state index contributed by atoms with van der Waals surface area (Å²) in [7, 11) is 0. The van der Waals surface area contributed by atoms with Crippen molar-refractivity contribution in [3.63, 3.8) is 0 Å². The lowest BCUT2D eigenvalue weighted by Crippen LogP contribution is -2.34. The van der Waals surface area contributed by atoms with Gasteiger partial charge in [-0.15, -0.1) is 0 Å². The number of hydrogen-bond donors (Lipinski definition) is 0. The standard InChI is InChI=1S/C58H53N4/c1-39(2)48-26-18-27-49(40(3)4)57(48)42-33-34-59-56(35-42)62-52-28-14-13-25-50(52)51-32-31-46(37-55(51)62)58(43-19-9-7-10-20-43,44-21-11-8-12-22-44)45-23-17-24-47(36-45)61-38-60(41(5)6)53-29-15-16-30-54(53)61/h7-41H,1-6H3/q+1. The lowest BCUT2D eigenvalue weighted by Gasteiger charge is -2.37. The summed E-state index contributed by atoms with van der Waals surface area (Å²) < 4.78 is 7.10. The van der Waals surface area contributed by atoms with E-state index >= 15 is 0 Å². The Morgan fingerprint density at radius 3 is 1.74 bits per heavy atom. The Kier molecular flexibility index (Phi) is 9.95. The minimum absolute atomic E-state index is 0.313. The maximum absolute atomic E-state index is 5.17. The molecule has 0 saturated heterocycles. The van der Waals surface area contributed by atoms with Crippen molar-refractivity contribution in [3.05, 3.63) is 228 Å². The molecule has 0 aliphatic heterocycles. The summed E-state index contributed by atoms with van der Waals surface area (Å²) in [5.41, 5.74) is 15.1. The zero-order valence-corrected chi connectivity index (χ0v) is 36.5. The van der Waals surface area contributed by atoms with E-state index < -0.39 is 5.41 Å². The van der Waals surface area contributed by atoms with Crippen LogP contribution in [-0.4, -0.2) is 14.1 Å². The molecule has 10 rings (SSSR count). The average Bonchev–Trinajstić information content (AvgIpc) is 3.86. The molecule has 0 aliphatic rings. The average molecular weight is 806 g/mol. The minimum Gasteiger partial charge on any atom is -0.294 e. The van der Waals surface area contributed by atoms with Gasteiger partial charge in [0.25, 0.3) is 0 Å². The van der Waals surface area contributed by atoms with Crippen LogP contribution in [-0.2, 0) is 5.41 Å². The van der Waals surface area contributed by atoms with Crippen molar-refractivity contribution in [1.82, 2.24) is 14.1 Å². The van der Waals surface area contributed by atoms with Crippen molar-refractivity contribution in [2.45, 2.75) is 64.8 Å². The van der Waals surface area contributed by atoms with E-state index in [0.717, 1.165) is 22.5 Å². The molecule has 304 valence electrons. The lowest BCUT2D eigenvalue weighted by atomic mass is 9.65. The lowest BCUT2D eigenvalue weighted by molar-refractivity contribution is -0.691. The maximum Gasteiger partial charge on any atom is 0.250 e. The fraction of sp³-hybridized carbons (Fsp3) is 0.172. The van der Waals surface area contributed by atoms with Crippen LogP contribution < -0.4 is 4.57 Å². The summed E-state index contributed by atoms with van der Waals surface area (Å²) in [6.45, 7) is 13.7. The van der Waals surface area contributed by atoms with Crippen LogP contribution in [0.3, 0.4) is 0 Å². The number of rotatable bonds is 10. The Morgan fingerprint density at radius 2 is 1.06 bits per heavy atom. The zero-order chi connectivity index (χ0) is 42.5. The Morgan fingerprint density at radius 1 is 0.484 bits per heavy atom. The molecule has 0 bridgehead atoms. The van der Waals surface area contributed by atoms with Crippen LogP contribution in [0.5, 0.6) is 0 Å². The van der Waals surface area contributed by atoms with Crippen LogP contribution in [0.25, 0.3) is 55.5 Å². The predicted molar refractivity (Wildman–Crippen MR) is 258 cm³/mol. The van der Waals surface area contributed by atoms with Crippen LogP contribution in [0.2, 0.25) is 0 Å². The zero-order valence-electron chi connectivity index (χ0n) is 36.5. The van der Waals surface area contributed by atoms with E-state index in [9.17, 15) is 0 Å². The number of nitrogens with zero attached hydrogens (tertiary/aromatic N) is 4. The number of pyridine rings is 1. The van der Waals surface area contributed by atoms with Crippen LogP contribution in [0.15, 0.2) is 195 Å². The van der Waals surface area contributed by atoms with Crippen LogP contribution in [0.1, 0.15) is 92.8 Å². The number of fused-ring (bicyclic) bond motifs is 4. The third kappa shape index (κ3) is 6.36. The van der Waals surface area contributed by atoms with Crippen LogP contribution >= 0.6 is 0 Å². The molecule has 0 radical (unpaired) electrons. The quantitative estimate of drug-likeness (QED) is 0.0999. The van der Waals surface area contributed by atoms with E-state index in [-0.39, 0.29) is 0 Å². The summed E-state index contributed by atoms with van der Waals surface area (Å²) in [4.78, 5) is 5.17. The first-order chi connectivity index (χ1) is 30.3. The third-order valence-corrected chi connectivity index (χ3v) is 12.9. The van der Waals surface area contributed by atoms with E-state index in [1.165, 1.54) is 66.3 Å². The molecule has 0 aliphatic carbocycles. The Hall–Kier alpha value is -7.04. The molecule has 3 aromatic heterocycles. The number of hydrogen-bond acceptors (Lipinski definition) is 1. The van der Waals surface area contributed by atoms with Gasteiger partial charge >= 0.3 is 0 Å². The highest BCUT2D eigenvalue weighted by molar-refractivity contribution is 6.09. The van der Waals surface area contributed by atoms with Crippen molar-refractivity contribution in [2.75, 3.05) is 0 Å². The van der Waals surface area contributed by atoms with Crippen molar-refractivity contribution in [3.8, 4) is 22.6 Å². The van der Waals surface area contributed by atoms with Gasteiger partial charge in [0.15, 0.2) is 11.0 Å². The molecule has 10 aromatic rings. The molecule has 7 aromatic carbocycles. The normalized spacial score (nSPS) is 12.1. The van der Waals surface area contributed by atoms with Crippen LogP contribution in [0.4, 0.5) is 0 Å². The van der Waals surface area contributed by atoms with Gasteiger partial charge in [0.1, 0.15) is 11.5 Å². The van der Waals surface area contributed by atoms with Crippen molar-refractivity contribution in [2.24, 2.45) is 0 Å². The molecule has 0 spiro atoms. The Bertz CT molecular complexity index is 3160. The molecule has 0 fully saturated rings. The van der Waals surface area contributed by atoms with Gasteiger partial charge in [-0.3, -0.25) is 4.57 Å². The smallest absolute Gasteiger partial charge is 0.250 e. The summed E-state index contributed by atoms with van der Waals surface area (Å²) >= 11 is 0. The van der Waals surface area contributed by atoms with Gasteiger partial charge in [-0.1, -0.05) is 161 Å². The third-order valence-electron chi connectivity index (χ3n) is 12.9. The van der Waals surface area contributed by atoms with E-state index in [2.05, 4.69) is 244 Å². The summed E-state index contributed by atoms with van der Waals surface area (Å²) in [6, 6.07) is 67.5. The first-order valence-corrected chi connectivity index (χ1v) is 22.1. The molecule has 0 amide bonds. The molecule has 4 nitrogen and oxygen atoms in total. The molecular formula is C58H53N4+. The highest BCUT2D eigenvalue weighted by Gasteiger charge is 2.39. The van der Waals surface area contributed by atoms with E-state index in [1.54, 1.807) is 0 Å². The van der Waals surface area contributed by atoms with Gasteiger partial charge in [0.05, 0.1) is 22.5 Å². The second kappa shape index (κ2) is 15.8. The van der Waals surface area contributed by atoms with E-state index in [0.29, 0.717) is 17.9 Å². The Labute approximate surface area is 365 Å². The SMILES string of the molecule is CC(C)c1cccc(C(C)C)c1-c1ccnc(-n2c3ccccc3c3ccc(C(c4ccccc4)(c4ccccc4)c4cccc(-n5c[n+](C(C)C)c6ccccc65)c4)cc32)c1. The van der Waals surface area contributed by atoms with Gasteiger partial charge in [-0.25, -0.2) is 9.55 Å². The van der Waals surface area contributed by atoms with Gasteiger partial charge in [-0.05, 0) is 119 Å². The fourth-order valence-electron chi connectivity index (χ4n) is 10.0. The molecular weight excluding hydrogens is 753 g/mol. The fourth-order valence-corrected chi connectivity index (χ4v) is 10.0. The number of imidazole rings is 1. The van der Waals surface area contributed by atoms with Gasteiger partial charge in [-0.2, -0.15) is 4.57 Å². The molecule has 0 unspecified atom stereocenters. The molecule has 62 heavy (non-hydrogen) atoms. The number of benzene rings is 7. The summed E-state index contributed by atoms with van der Waals surface area (Å²) in [5.74, 6) is 1.67. The van der Waals surface area contributed by atoms with E-state index in [1.807, 2.05) is 6.20 Å². The predicted octanol–water partition coefficient (Wildman–Crippen LogP) is 14.3.